The molecule has 4 heterocycles. The van der Waals surface area contributed by atoms with Crippen LogP contribution in [0.4, 0.5) is 10.1 Å². The first kappa shape index (κ1) is 36.9. The molecule has 1 atom stereocenters. The van der Waals surface area contributed by atoms with Gasteiger partial charge in [-0.05, 0) is 67.1 Å². The molecular formula is C40H41FN6O6S2. The van der Waals surface area contributed by atoms with Crippen molar-refractivity contribution < 1.29 is 31.1 Å². The van der Waals surface area contributed by atoms with E-state index in [1.807, 2.05) is 35.2 Å². The lowest BCUT2D eigenvalue weighted by Gasteiger charge is -2.41. The highest BCUT2D eigenvalue weighted by Crippen LogP contribution is 2.39. The molecule has 8 rings (SSSR count). The third-order valence-corrected chi connectivity index (χ3v) is 14.3. The Balaban J connectivity index is 1.03. The third-order valence-electron chi connectivity index (χ3n) is 10.7. The maximum Gasteiger partial charge on any atom is 0.254 e. The number of aliphatic hydroxyl groups excluding tert-OH is 1. The van der Waals surface area contributed by atoms with Crippen LogP contribution in [0.1, 0.15) is 16.8 Å². The number of β-amino-alcohol motifs (C(OH)–C–C–N with tert-alkyl or cyclic N) is 1. The van der Waals surface area contributed by atoms with Crippen LogP contribution in [-0.4, -0.2) is 111 Å². The molecule has 55 heavy (non-hydrogen) atoms. The summed E-state index contributed by atoms with van der Waals surface area (Å²) in [5, 5.41) is 11.6. The number of benzene rings is 4. The van der Waals surface area contributed by atoms with E-state index >= 15 is 4.39 Å². The Labute approximate surface area is 318 Å². The topological polar surface area (TPSA) is 150 Å². The van der Waals surface area contributed by atoms with Gasteiger partial charge < -0.3 is 24.9 Å². The summed E-state index contributed by atoms with van der Waals surface area (Å²) in [6.45, 7) is 1.62. The highest BCUT2D eigenvalue weighted by molar-refractivity contribution is 7.89. The molecular weight excluding hydrogens is 744 g/mol. The molecule has 0 aliphatic carbocycles. The number of carbonyl (C=O) groups is 1. The maximum absolute atomic E-state index is 15.8. The Hall–Kier alpha value is -5.06. The number of rotatable bonds is 10. The van der Waals surface area contributed by atoms with Gasteiger partial charge in [-0.1, -0.05) is 30.3 Å². The van der Waals surface area contributed by atoms with E-state index in [0.29, 0.717) is 71.6 Å². The van der Waals surface area contributed by atoms with Crippen molar-refractivity contribution in [2.75, 3.05) is 58.8 Å². The molecule has 0 bridgehead atoms. The van der Waals surface area contributed by atoms with Crippen LogP contribution >= 0.6 is 0 Å². The lowest BCUT2D eigenvalue weighted by Crippen LogP contribution is -2.54. The van der Waals surface area contributed by atoms with Gasteiger partial charge in [0.2, 0.25) is 20.0 Å². The van der Waals surface area contributed by atoms with Crippen LogP contribution in [0, 0.1) is 11.7 Å². The molecule has 2 aromatic heterocycles. The van der Waals surface area contributed by atoms with E-state index in [0.717, 1.165) is 15.2 Å². The van der Waals surface area contributed by atoms with E-state index in [-0.39, 0.29) is 33.9 Å². The molecule has 2 saturated heterocycles. The van der Waals surface area contributed by atoms with E-state index in [4.69, 9.17) is 0 Å². The van der Waals surface area contributed by atoms with Gasteiger partial charge in [-0.3, -0.25) is 4.79 Å². The summed E-state index contributed by atoms with van der Waals surface area (Å²) in [5.74, 6) is -0.943. The van der Waals surface area contributed by atoms with E-state index in [1.54, 1.807) is 35.2 Å². The number of nitrogens with zero attached hydrogens (tertiary/aromatic N) is 4. The predicted octanol–water partition coefficient (Wildman–Crippen LogP) is 5.34. The first-order valence-corrected chi connectivity index (χ1v) is 20.8. The molecule has 12 nitrogen and oxygen atoms in total. The van der Waals surface area contributed by atoms with E-state index in [9.17, 15) is 26.7 Å². The van der Waals surface area contributed by atoms with Gasteiger partial charge in [0.15, 0.2) is 5.82 Å². The van der Waals surface area contributed by atoms with Crippen LogP contribution < -0.4 is 4.90 Å². The van der Waals surface area contributed by atoms with Crippen LogP contribution in [0.3, 0.4) is 0 Å². The Morgan fingerprint density at radius 1 is 0.818 bits per heavy atom. The zero-order chi connectivity index (χ0) is 38.8. The molecule has 0 radical (unpaired) electrons. The Morgan fingerprint density at radius 2 is 1.49 bits per heavy atom. The number of anilines is 1. The van der Waals surface area contributed by atoms with Gasteiger partial charge in [0.1, 0.15) is 0 Å². The third kappa shape index (κ3) is 6.59. The van der Waals surface area contributed by atoms with Gasteiger partial charge in [0, 0.05) is 110 Å². The van der Waals surface area contributed by atoms with Crippen molar-refractivity contribution >= 4 is 53.4 Å². The minimum atomic E-state index is -4.05. The number of hydrogen-bond donors (Lipinski definition) is 3. The van der Waals surface area contributed by atoms with E-state index in [1.165, 1.54) is 55.8 Å². The minimum absolute atomic E-state index is 0.00505. The van der Waals surface area contributed by atoms with Gasteiger partial charge in [-0.15, -0.1) is 0 Å². The maximum atomic E-state index is 15.8. The molecule has 0 unspecified atom stereocenters. The summed E-state index contributed by atoms with van der Waals surface area (Å²) < 4.78 is 72.4. The molecule has 15 heteroatoms. The number of aromatic amines is 2. The Morgan fingerprint density at radius 3 is 2.18 bits per heavy atom. The number of halogens is 1. The van der Waals surface area contributed by atoms with Crippen LogP contribution in [-0.2, 0) is 20.0 Å². The predicted molar refractivity (Wildman–Crippen MR) is 210 cm³/mol. The number of carbonyl (C=O) groups excluding carboxylic acids is 1. The average Bonchev–Trinajstić information content (AvgIpc) is 3.88. The van der Waals surface area contributed by atoms with Crippen molar-refractivity contribution in [1.29, 1.82) is 0 Å². The lowest BCUT2D eigenvalue weighted by atomic mass is 9.96. The molecule has 0 saturated carbocycles. The van der Waals surface area contributed by atoms with Crippen molar-refractivity contribution in [3.63, 3.8) is 0 Å². The number of hydrogen-bond acceptors (Lipinski definition) is 7. The quantitative estimate of drug-likeness (QED) is 0.170. The zero-order valence-corrected chi connectivity index (χ0v) is 32.2. The van der Waals surface area contributed by atoms with E-state index < -0.39 is 32.0 Å². The molecule has 286 valence electrons. The molecule has 4 aromatic carbocycles. The number of aliphatic hydroxyl groups is 1. The van der Waals surface area contributed by atoms with Crippen molar-refractivity contribution in [3.05, 3.63) is 102 Å². The molecule has 2 aliphatic heterocycles. The van der Waals surface area contributed by atoms with Gasteiger partial charge in [-0.25, -0.2) is 29.8 Å². The Bertz CT molecular complexity index is 2650. The highest BCUT2D eigenvalue weighted by atomic mass is 32.2. The number of H-pyrrole nitrogens is 2. The number of sulfonamides is 2. The van der Waals surface area contributed by atoms with Crippen molar-refractivity contribution in [3.8, 4) is 22.5 Å². The summed E-state index contributed by atoms with van der Waals surface area (Å²) in [6.07, 6.45) is 0.00873. The summed E-state index contributed by atoms with van der Waals surface area (Å²) in [6, 6.07) is 25.6. The molecule has 1 amide bonds. The van der Waals surface area contributed by atoms with Crippen LogP contribution in [0.2, 0.25) is 0 Å². The average molecular weight is 785 g/mol. The van der Waals surface area contributed by atoms with Crippen molar-refractivity contribution in [1.82, 2.24) is 23.5 Å². The van der Waals surface area contributed by atoms with Crippen LogP contribution in [0.15, 0.2) is 101 Å². The monoisotopic (exact) mass is 784 g/mol. The molecule has 2 aliphatic rings. The van der Waals surface area contributed by atoms with Crippen molar-refractivity contribution in [2.24, 2.45) is 5.92 Å². The van der Waals surface area contributed by atoms with Crippen molar-refractivity contribution in [2.45, 2.75) is 22.3 Å². The molecule has 0 spiro atoms. The summed E-state index contributed by atoms with van der Waals surface area (Å²) >= 11 is 0. The zero-order valence-electron chi connectivity index (χ0n) is 30.5. The van der Waals surface area contributed by atoms with Crippen LogP contribution in [0.25, 0.3) is 44.3 Å². The van der Waals surface area contributed by atoms with Gasteiger partial charge in [0.05, 0.1) is 21.6 Å². The summed E-state index contributed by atoms with van der Waals surface area (Å²) in [7, 11) is -3.44. The molecule has 3 N–H and O–H groups in total. The standard InChI is InChI=1S/C40H41FN6O6S2/c1-44(2)54(50,51)28-12-14-30(32(19-28)36-18-26-8-4-6-10-34(26)42-36)40(49)47-22-25(23-47)21-45(3)55(52,53)29-13-15-37(46-17-16-27(48)24-46)33(20-29)39-38(41)31-9-5-7-11-35(31)43-39/h4-15,18-20,25,27,42-43,48H,16-17,21-24H2,1-3H3/t27-/m0/s1. The smallest absolute Gasteiger partial charge is 0.254 e. The summed E-state index contributed by atoms with van der Waals surface area (Å²) in [4.78, 5) is 24.0. The number of likely N-dealkylation sites (tertiary alicyclic amines) is 1. The van der Waals surface area contributed by atoms with Gasteiger partial charge >= 0.3 is 0 Å². The highest BCUT2D eigenvalue weighted by Gasteiger charge is 2.36. The molecule has 2 fully saturated rings. The first-order valence-electron chi connectivity index (χ1n) is 18.0. The van der Waals surface area contributed by atoms with Crippen LogP contribution in [0.5, 0.6) is 0 Å². The second kappa shape index (κ2) is 13.9. The molecule has 6 aromatic rings. The Kier molecular flexibility index (Phi) is 9.33. The number of fused-ring (bicyclic) bond motifs is 2. The first-order chi connectivity index (χ1) is 26.2. The summed E-state index contributed by atoms with van der Waals surface area (Å²) in [5.41, 5.74) is 3.97. The number of aromatic nitrogens is 2. The normalized spacial score (nSPS) is 16.9. The second-order valence-electron chi connectivity index (χ2n) is 14.6. The SMILES string of the molecule is CN(C)S(=O)(=O)c1ccc(C(=O)N2CC(CN(C)S(=O)(=O)c3ccc(N4CC[C@H](O)C4)c(-c4[nH]c5ccccc5c4F)c3)C2)c(-c2cc3ccccc3[nH]2)c1. The fourth-order valence-electron chi connectivity index (χ4n) is 7.59. The largest absolute Gasteiger partial charge is 0.391 e. The second-order valence-corrected chi connectivity index (χ2v) is 18.8. The fraction of sp³-hybridized carbons (Fsp3) is 0.275. The minimum Gasteiger partial charge on any atom is -0.391 e. The number of para-hydroxylation sites is 2. The number of amides is 1. The van der Waals surface area contributed by atoms with Gasteiger partial charge in [-0.2, -0.15) is 0 Å². The lowest BCUT2D eigenvalue weighted by molar-refractivity contribution is 0.0476. The van der Waals surface area contributed by atoms with Gasteiger partial charge in [0.25, 0.3) is 5.91 Å². The number of nitrogens with one attached hydrogen (secondary N) is 2. The fourth-order valence-corrected chi connectivity index (χ4v) is 9.79. The van der Waals surface area contributed by atoms with E-state index in [2.05, 4.69) is 9.97 Å².